The molecule has 0 aliphatic heterocycles. The summed E-state index contributed by atoms with van der Waals surface area (Å²) in [5.41, 5.74) is 0. The Balaban J connectivity index is 2.26. The van der Waals surface area contributed by atoms with Crippen molar-refractivity contribution < 1.29 is 13.9 Å². The molecule has 0 aromatic heterocycles. The van der Waals surface area contributed by atoms with E-state index in [1.165, 1.54) is 38.5 Å². The van der Waals surface area contributed by atoms with Crippen molar-refractivity contribution >= 4 is 24.5 Å². The first-order valence-corrected chi connectivity index (χ1v) is 10.9. The van der Waals surface area contributed by atoms with Crippen molar-refractivity contribution in [1.82, 2.24) is 0 Å². The van der Waals surface area contributed by atoms with E-state index in [2.05, 4.69) is 13.8 Å². The van der Waals surface area contributed by atoms with Crippen LogP contribution in [0.15, 0.2) is 0 Å². The van der Waals surface area contributed by atoms with Gasteiger partial charge < -0.3 is 9.47 Å². The normalized spacial score (nSPS) is 25.4. The van der Waals surface area contributed by atoms with Crippen LogP contribution in [-0.2, 0) is 9.47 Å². The van der Waals surface area contributed by atoms with E-state index in [4.69, 9.17) is 9.47 Å². The lowest BCUT2D eigenvalue weighted by molar-refractivity contribution is 0.0675. The maximum absolute atomic E-state index is 13.7. The molecule has 0 heterocycles. The van der Waals surface area contributed by atoms with Crippen molar-refractivity contribution in [2.24, 2.45) is 11.8 Å². The summed E-state index contributed by atoms with van der Waals surface area (Å²) in [6, 6.07) is 0. The number of ether oxygens (including phenoxy) is 2. The SMILES string of the molecule is CCCC1CCC(COC(CC)I=C(F)COCC)CC1. The van der Waals surface area contributed by atoms with E-state index < -0.39 is 20.7 Å². The predicted molar refractivity (Wildman–Crippen MR) is 97.0 cm³/mol. The molecule has 0 N–H and O–H groups in total. The van der Waals surface area contributed by atoms with Gasteiger partial charge in [0.1, 0.15) is 10.7 Å². The molecule has 1 unspecified atom stereocenters. The molecule has 0 radical (unpaired) electrons. The molecule has 0 amide bonds. The highest BCUT2D eigenvalue weighted by Gasteiger charge is 2.21. The minimum atomic E-state index is -0.658. The molecule has 1 atom stereocenters. The van der Waals surface area contributed by atoms with Gasteiger partial charge in [-0.1, -0.05) is 60.3 Å². The summed E-state index contributed by atoms with van der Waals surface area (Å²) in [5, 5.41) is 0. The fourth-order valence-electron chi connectivity index (χ4n) is 2.90. The summed E-state index contributed by atoms with van der Waals surface area (Å²) in [6.45, 7) is 7.85. The Labute approximate surface area is 139 Å². The number of halogens is 2. The highest BCUT2D eigenvalue weighted by Crippen LogP contribution is 2.32. The van der Waals surface area contributed by atoms with E-state index >= 15 is 0 Å². The van der Waals surface area contributed by atoms with Crippen LogP contribution in [0.5, 0.6) is 0 Å². The van der Waals surface area contributed by atoms with Crippen molar-refractivity contribution in [3.8, 4) is 0 Å². The molecule has 1 rings (SSSR count). The predicted octanol–water partition coefficient (Wildman–Crippen LogP) is 5.45. The minimum absolute atomic E-state index is 0.0224. The molecular formula is C17H32FIO2. The van der Waals surface area contributed by atoms with Crippen molar-refractivity contribution in [1.29, 1.82) is 0 Å². The Morgan fingerprint density at radius 2 is 1.81 bits per heavy atom. The zero-order chi connectivity index (χ0) is 15.5. The van der Waals surface area contributed by atoms with Crippen LogP contribution >= 0.6 is 20.7 Å². The fraction of sp³-hybridized carbons (Fsp3) is 0.941. The lowest BCUT2D eigenvalue weighted by Gasteiger charge is -2.28. The minimum Gasteiger partial charge on any atom is -0.374 e. The van der Waals surface area contributed by atoms with E-state index in [1.807, 2.05) is 6.92 Å². The van der Waals surface area contributed by atoms with E-state index in [1.54, 1.807) is 0 Å². The van der Waals surface area contributed by atoms with Gasteiger partial charge in [0.2, 0.25) is 0 Å². The maximum Gasteiger partial charge on any atom is 0.156 e. The first kappa shape index (κ1) is 19.5. The van der Waals surface area contributed by atoms with Crippen LogP contribution in [0, 0.1) is 11.8 Å². The third-order valence-electron chi connectivity index (χ3n) is 4.15. The first-order chi connectivity index (χ1) is 10.2. The summed E-state index contributed by atoms with van der Waals surface area (Å²) in [5.74, 6) is 1.64. The van der Waals surface area contributed by atoms with E-state index in [0.717, 1.165) is 18.9 Å². The number of hydrogen-bond acceptors (Lipinski definition) is 2. The molecular weight excluding hydrogens is 382 g/mol. The van der Waals surface area contributed by atoms with Gasteiger partial charge in [-0.05, 0) is 38.0 Å². The molecule has 0 bridgehead atoms. The molecule has 1 saturated carbocycles. The van der Waals surface area contributed by atoms with E-state index in [-0.39, 0.29) is 14.5 Å². The van der Waals surface area contributed by atoms with Gasteiger partial charge in [-0.25, -0.2) is 4.39 Å². The zero-order valence-corrected chi connectivity index (χ0v) is 16.0. The van der Waals surface area contributed by atoms with Gasteiger partial charge in [0.25, 0.3) is 0 Å². The lowest BCUT2D eigenvalue weighted by Crippen LogP contribution is -2.20. The van der Waals surface area contributed by atoms with Crippen LogP contribution < -0.4 is 0 Å². The summed E-state index contributed by atoms with van der Waals surface area (Å²) in [6.07, 6.45) is 8.92. The van der Waals surface area contributed by atoms with Gasteiger partial charge >= 0.3 is 0 Å². The van der Waals surface area contributed by atoms with Crippen molar-refractivity contribution in [3.63, 3.8) is 0 Å². The van der Waals surface area contributed by atoms with Crippen molar-refractivity contribution in [2.45, 2.75) is 69.8 Å². The molecule has 126 valence electrons. The smallest absolute Gasteiger partial charge is 0.156 e. The topological polar surface area (TPSA) is 18.5 Å². The van der Waals surface area contributed by atoms with Crippen molar-refractivity contribution in [2.75, 3.05) is 19.8 Å². The highest BCUT2D eigenvalue weighted by molar-refractivity contribution is 14.2. The molecule has 2 nitrogen and oxygen atoms in total. The lowest BCUT2D eigenvalue weighted by atomic mass is 9.80. The Hall–Kier alpha value is 0.450. The Morgan fingerprint density at radius 1 is 1.14 bits per heavy atom. The van der Waals surface area contributed by atoms with Gasteiger partial charge in [-0.15, -0.1) is 0 Å². The Bertz CT molecular complexity index is 289. The first-order valence-electron chi connectivity index (χ1n) is 8.53. The average Bonchev–Trinajstić information content (AvgIpc) is 2.51. The van der Waals surface area contributed by atoms with Crippen LogP contribution in [0.4, 0.5) is 4.39 Å². The fourth-order valence-corrected chi connectivity index (χ4v) is 4.89. The zero-order valence-electron chi connectivity index (χ0n) is 13.9. The van der Waals surface area contributed by atoms with Crippen molar-refractivity contribution in [3.05, 3.63) is 0 Å². The second-order valence-corrected chi connectivity index (χ2v) is 9.09. The van der Waals surface area contributed by atoms with Crippen LogP contribution in [0.2, 0.25) is 0 Å². The second kappa shape index (κ2) is 11.9. The molecule has 0 spiro atoms. The highest BCUT2D eigenvalue weighted by atomic mass is 127. The molecule has 0 saturated heterocycles. The molecule has 1 aliphatic rings. The van der Waals surface area contributed by atoms with E-state index in [0.29, 0.717) is 12.5 Å². The maximum atomic E-state index is 13.7. The summed E-state index contributed by atoms with van der Waals surface area (Å²) < 4.78 is 25.0. The van der Waals surface area contributed by atoms with Gasteiger partial charge in [-0.3, -0.25) is 0 Å². The van der Waals surface area contributed by atoms with Gasteiger partial charge in [0.15, 0.2) is 3.76 Å². The van der Waals surface area contributed by atoms with Gasteiger partial charge in [0.05, 0.1) is 6.61 Å². The molecule has 0 aromatic carbocycles. The standard InChI is InChI=1S/C17H32FIO2/c1-4-7-14-8-10-15(11-9-14)12-21-17(5-2)19-16(18)13-20-6-3/h14-15,17H,4-13H2,1-3H3. The monoisotopic (exact) mass is 414 g/mol. The Kier molecular flexibility index (Phi) is 11.1. The van der Waals surface area contributed by atoms with E-state index in [9.17, 15) is 4.39 Å². The van der Waals surface area contributed by atoms with Crippen LogP contribution in [0.1, 0.15) is 65.7 Å². The van der Waals surface area contributed by atoms with Crippen LogP contribution in [0.25, 0.3) is 0 Å². The number of hydrogen-bond donors (Lipinski definition) is 0. The van der Waals surface area contributed by atoms with Crippen LogP contribution in [-0.4, -0.2) is 27.7 Å². The molecule has 0 aromatic rings. The molecule has 1 aliphatic carbocycles. The Morgan fingerprint density at radius 3 is 2.38 bits per heavy atom. The number of alkyl halides is 1. The van der Waals surface area contributed by atoms with Gasteiger partial charge in [-0.2, -0.15) is 0 Å². The second-order valence-electron chi connectivity index (χ2n) is 5.91. The summed E-state index contributed by atoms with van der Waals surface area (Å²) >= 11 is -0.658. The summed E-state index contributed by atoms with van der Waals surface area (Å²) in [4.78, 5) is 0. The summed E-state index contributed by atoms with van der Waals surface area (Å²) in [7, 11) is 0. The largest absolute Gasteiger partial charge is 0.374 e. The molecule has 4 heteroatoms. The third-order valence-corrected chi connectivity index (χ3v) is 7.07. The molecule has 21 heavy (non-hydrogen) atoms. The molecule has 1 fully saturated rings. The van der Waals surface area contributed by atoms with Gasteiger partial charge in [0, 0.05) is 6.61 Å². The number of rotatable bonds is 10. The quantitative estimate of drug-likeness (QED) is 0.350. The van der Waals surface area contributed by atoms with Crippen LogP contribution in [0.3, 0.4) is 0 Å². The third kappa shape index (κ3) is 8.60. The average molecular weight is 414 g/mol.